The molecule has 0 aliphatic heterocycles. The van der Waals surface area contributed by atoms with E-state index in [9.17, 15) is 4.79 Å². The third-order valence-corrected chi connectivity index (χ3v) is 2.80. The minimum absolute atomic E-state index is 0.260. The molecule has 96 valence electrons. The second kappa shape index (κ2) is 5.62. The third kappa shape index (κ3) is 2.67. The van der Waals surface area contributed by atoms with Crippen LogP contribution in [0.25, 0.3) is 10.9 Å². The Labute approximate surface area is 105 Å². The van der Waals surface area contributed by atoms with Gasteiger partial charge in [0.25, 0.3) is 0 Å². The molecule has 1 unspecified atom stereocenters. The fraction of sp³-hybridized carbons (Fsp3) is 0.462. The van der Waals surface area contributed by atoms with Crippen molar-refractivity contribution in [3.05, 3.63) is 34.6 Å². The summed E-state index contributed by atoms with van der Waals surface area (Å²) in [5.74, 6) is 0.398. The van der Waals surface area contributed by atoms with E-state index in [2.05, 4.69) is 24.2 Å². The van der Waals surface area contributed by atoms with Gasteiger partial charge in [-0.2, -0.15) is 0 Å². The van der Waals surface area contributed by atoms with Crippen molar-refractivity contribution in [3.63, 3.8) is 0 Å². The second-order valence-corrected chi connectivity index (χ2v) is 4.47. The Morgan fingerprint density at radius 2 is 2.17 bits per heavy atom. The summed E-state index contributed by atoms with van der Waals surface area (Å²) in [4.78, 5) is 18.4. The molecule has 0 saturated heterocycles. The van der Waals surface area contributed by atoms with Crippen LogP contribution in [0.2, 0.25) is 0 Å². The van der Waals surface area contributed by atoms with Gasteiger partial charge in [0, 0.05) is 0 Å². The van der Waals surface area contributed by atoms with E-state index in [1.807, 2.05) is 6.07 Å². The monoisotopic (exact) mass is 247 g/mol. The summed E-state index contributed by atoms with van der Waals surface area (Å²) < 4.78 is 0. The molecule has 0 bridgehead atoms. The van der Waals surface area contributed by atoms with Crippen molar-refractivity contribution in [1.82, 2.24) is 15.2 Å². The normalized spacial score (nSPS) is 12.6. The highest BCUT2D eigenvalue weighted by atomic mass is 16.7. The quantitative estimate of drug-likeness (QED) is 0.806. The van der Waals surface area contributed by atoms with E-state index < -0.39 is 0 Å². The van der Waals surface area contributed by atoms with Gasteiger partial charge in [-0.1, -0.05) is 32.4 Å². The van der Waals surface area contributed by atoms with Gasteiger partial charge in [0.15, 0.2) is 0 Å². The van der Waals surface area contributed by atoms with Gasteiger partial charge in [-0.3, -0.25) is 4.79 Å². The van der Waals surface area contributed by atoms with E-state index in [4.69, 9.17) is 4.84 Å². The highest BCUT2D eigenvalue weighted by Gasteiger charge is 2.07. The van der Waals surface area contributed by atoms with E-state index in [1.54, 1.807) is 18.2 Å². The molecule has 1 atom stereocenters. The Morgan fingerprint density at radius 1 is 1.39 bits per heavy atom. The fourth-order valence-corrected chi connectivity index (χ4v) is 1.83. The molecule has 0 amide bonds. The molecular weight excluding hydrogens is 230 g/mol. The molecule has 1 aromatic heterocycles. The van der Waals surface area contributed by atoms with Crippen molar-refractivity contribution in [2.75, 3.05) is 6.61 Å². The van der Waals surface area contributed by atoms with Gasteiger partial charge in [0.05, 0.1) is 5.39 Å². The Balaban J connectivity index is 2.19. The molecular formula is C13H17N3O2. The molecule has 18 heavy (non-hydrogen) atoms. The van der Waals surface area contributed by atoms with Gasteiger partial charge in [-0.05, 0) is 34.5 Å². The first-order chi connectivity index (χ1) is 8.72. The molecule has 2 aromatic rings. The number of rotatable bonds is 5. The summed E-state index contributed by atoms with van der Waals surface area (Å²) >= 11 is 0. The first-order valence-electron chi connectivity index (χ1n) is 6.20. The maximum atomic E-state index is 12.0. The van der Waals surface area contributed by atoms with Gasteiger partial charge < -0.3 is 4.84 Å². The van der Waals surface area contributed by atoms with Crippen LogP contribution >= 0.6 is 0 Å². The Bertz CT molecular complexity index is 580. The summed E-state index contributed by atoms with van der Waals surface area (Å²) in [5.41, 5.74) is 0.327. The lowest BCUT2D eigenvalue weighted by Crippen LogP contribution is -2.32. The lowest BCUT2D eigenvalue weighted by atomic mass is 10.1. The Hall–Kier alpha value is -1.91. The van der Waals surface area contributed by atoms with Gasteiger partial charge in [-0.25, -0.2) is 0 Å². The predicted octanol–water partition coefficient (Wildman–Crippen LogP) is 1.66. The van der Waals surface area contributed by atoms with Crippen molar-refractivity contribution in [3.8, 4) is 0 Å². The number of hydrogen-bond acceptors (Lipinski definition) is 4. The smallest absolute Gasteiger partial charge is 0.314 e. The van der Waals surface area contributed by atoms with E-state index >= 15 is 0 Å². The molecule has 0 radical (unpaired) electrons. The second-order valence-electron chi connectivity index (χ2n) is 4.47. The third-order valence-electron chi connectivity index (χ3n) is 2.80. The average molecular weight is 247 g/mol. The number of aromatic nitrogens is 3. The predicted molar refractivity (Wildman–Crippen MR) is 69.3 cm³/mol. The van der Waals surface area contributed by atoms with Crippen LogP contribution < -0.4 is 10.4 Å². The van der Waals surface area contributed by atoms with Crippen LogP contribution in [0, 0.1) is 5.92 Å². The van der Waals surface area contributed by atoms with Gasteiger partial charge in [0.1, 0.15) is 12.1 Å². The molecule has 5 nitrogen and oxygen atoms in total. The molecule has 5 heteroatoms. The molecule has 0 saturated carbocycles. The van der Waals surface area contributed by atoms with Crippen LogP contribution in [-0.4, -0.2) is 21.8 Å². The van der Waals surface area contributed by atoms with Gasteiger partial charge in [0.2, 0.25) is 0 Å². The molecule has 0 N–H and O–H groups in total. The number of benzene rings is 1. The van der Waals surface area contributed by atoms with Crippen LogP contribution in [0.4, 0.5) is 0 Å². The molecule has 0 spiro atoms. The molecule has 1 aromatic carbocycles. The fourth-order valence-electron chi connectivity index (χ4n) is 1.83. The van der Waals surface area contributed by atoms with E-state index in [0.29, 0.717) is 23.4 Å². The summed E-state index contributed by atoms with van der Waals surface area (Å²) in [5, 5.41) is 8.25. The zero-order valence-electron chi connectivity index (χ0n) is 10.7. The van der Waals surface area contributed by atoms with Crippen LogP contribution in [-0.2, 0) is 0 Å². The van der Waals surface area contributed by atoms with Crippen molar-refractivity contribution in [1.29, 1.82) is 0 Å². The van der Waals surface area contributed by atoms with Crippen molar-refractivity contribution >= 4 is 10.9 Å². The first-order valence-corrected chi connectivity index (χ1v) is 6.20. The van der Waals surface area contributed by atoms with Crippen molar-refractivity contribution < 1.29 is 4.84 Å². The molecule has 0 aliphatic rings. The standard InChI is InChI=1S/C13H17N3O2/c1-3-6-10(2)9-18-16-13(17)11-7-4-5-8-12(11)14-15-16/h4-5,7-8,10H,3,6,9H2,1-2H3. The van der Waals surface area contributed by atoms with Crippen LogP contribution in [0.15, 0.2) is 29.1 Å². The maximum absolute atomic E-state index is 12.0. The molecule has 0 fully saturated rings. The van der Waals surface area contributed by atoms with Crippen molar-refractivity contribution in [2.45, 2.75) is 26.7 Å². The van der Waals surface area contributed by atoms with Crippen molar-refractivity contribution in [2.24, 2.45) is 5.92 Å². The number of fused-ring (bicyclic) bond motifs is 1. The lowest BCUT2D eigenvalue weighted by Gasteiger charge is -2.11. The SMILES string of the molecule is CCCC(C)COn1nnc2ccccc2c1=O. The summed E-state index contributed by atoms with van der Waals surface area (Å²) in [6.45, 7) is 4.68. The maximum Gasteiger partial charge on any atom is 0.314 e. The lowest BCUT2D eigenvalue weighted by molar-refractivity contribution is 0.0444. The summed E-state index contributed by atoms with van der Waals surface area (Å²) in [7, 11) is 0. The summed E-state index contributed by atoms with van der Waals surface area (Å²) in [6, 6.07) is 7.11. The van der Waals surface area contributed by atoms with E-state index in [-0.39, 0.29) is 5.56 Å². The number of nitrogens with zero attached hydrogens (tertiary/aromatic N) is 3. The van der Waals surface area contributed by atoms with Gasteiger partial charge in [-0.15, -0.1) is 5.10 Å². The highest BCUT2D eigenvalue weighted by Crippen LogP contribution is 2.04. The highest BCUT2D eigenvalue weighted by molar-refractivity contribution is 5.76. The molecule has 0 aliphatic carbocycles. The summed E-state index contributed by atoms with van der Waals surface area (Å²) in [6.07, 6.45) is 2.17. The first kappa shape index (κ1) is 12.5. The molecule has 2 rings (SSSR count). The average Bonchev–Trinajstić information content (AvgIpc) is 2.39. The molecule has 1 heterocycles. The van der Waals surface area contributed by atoms with Crippen LogP contribution in [0.3, 0.4) is 0 Å². The number of hydrogen-bond donors (Lipinski definition) is 0. The van der Waals surface area contributed by atoms with E-state index in [0.717, 1.165) is 17.7 Å². The zero-order valence-corrected chi connectivity index (χ0v) is 10.7. The van der Waals surface area contributed by atoms with Gasteiger partial charge >= 0.3 is 5.56 Å². The van der Waals surface area contributed by atoms with E-state index in [1.165, 1.54) is 0 Å². The minimum Gasteiger partial charge on any atom is -0.392 e. The van der Waals surface area contributed by atoms with Crippen LogP contribution in [0.5, 0.6) is 0 Å². The van der Waals surface area contributed by atoms with Crippen LogP contribution in [0.1, 0.15) is 26.7 Å². The Kier molecular flexibility index (Phi) is 3.92. The topological polar surface area (TPSA) is 57.0 Å². The Morgan fingerprint density at radius 3 is 2.94 bits per heavy atom. The largest absolute Gasteiger partial charge is 0.392 e. The minimum atomic E-state index is -0.260. The zero-order chi connectivity index (χ0) is 13.0.